The molecule has 0 bridgehead atoms. The minimum Gasteiger partial charge on any atom is -0.496 e. The molecule has 2 atom stereocenters. The molecule has 4 heteroatoms. The van der Waals surface area contributed by atoms with Gasteiger partial charge >= 0.3 is 0 Å². The van der Waals surface area contributed by atoms with Crippen LogP contribution in [0.4, 0.5) is 0 Å². The number of ether oxygens (including phenoxy) is 1. The van der Waals surface area contributed by atoms with Crippen molar-refractivity contribution in [1.29, 1.82) is 0 Å². The predicted octanol–water partition coefficient (Wildman–Crippen LogP) is 2.91. The molecular weight excluding hydrogens is 288 g/mol. The zero-order chi connectivity index (χ0) is 16.7. The SMILES string of the molecule is C=CC[C@@H]1CC=C[C@@H](C)N1CC(=O)NCc1ccccc1OC. The molecule has 0 spiro atoms. The number of carbonyl (C=O) groups is 1. The highest BCUT2D eigenvalue weighted by atomic mass is 16.5. The average molecular weight is 314 g/mol. The van der Waals surface area contributed by atoms with E-state index in [4.69, 9.17) is 4.74 Å². The maximum atomic E-state index is 12.3. The third-order valence-electron chi connectivity index (χ3n) is 4.25. The summed E-state index contributed by atoms with van der Waals surface area (Å²) in [6.07, 6.45) is 8.15. The molecule has 1 amide bonds. The Balaban J connectivity index is 1.93. The first-order chi connectivity index (χ1) is 11.2. The van der Waals surface area contributed by atoms with Crippen LogP contribution in [0.15, 0.2) is 49.1 Å². The van der Waals surface area contributed by atoms with Crippen molar-refractivity contribution in [3.05, 3.63) is 54.6 Å². The topological polar surface area (TPSA) is 41.6 Å². The number of rotatable bonds is 7. The molecule has 0 unspecified atom stereocenters. The normalized spacial score (nSPS) is 21.0. The fourth-order valence-electron chi connectivity index (χ4n) is 2.97. The molecule has 1 aromatic rings. The van der Waals surface area contributed by atoms with E-state index >= 15 is 0 Å². The minimum atomic E-state index is 0.0344. The molecule has 1 aliphatic rings. The second kappa shape index (κ2) is 8.53. The van der Waals surface area contributed by atoms with Crippen LogP contribution < -0.4 is 10.1 Å². The molecule has 0 saturated carbocycles. The van der Waals surface area contributed by atoms with Gasteiger partial charge in [0.05, 0.1) is 13.7 Å². The number of nitrogens with one attached hydrogen (secondary N) is 1. The summed E-state index contributed by atoms with van der Waals surface area (Å²) in [5, 5.41) is 2.99. The van der Waals surface area contributed by atoms with Gasteiger partial charge in [0.2, 0.25) is 5.91 Å². The van der Waals surface area contributed by atoms with Crippen molar-refractivity contribution in [3.63, 3.8) is 0 Å². The van der Waals surface area contributed by atoms with E-state index in [1.54, 1.807) is 7.11 Å². The Hall–Kier alpha value is -2.07. The monoisotopic (exact) mass is 314 g/mol. The van der Waals surface area contributed by atoms with E-state index in [1.807, 2.05) is 30.3 Å². The van der Waals surface area contributed by atoms with Gasteiger partial charge in [-0.05, 0) is 25.8 Å². The van der Waals surface area contributed by atoms with Gasteiger partial charge in [0, 0.05) is 24.2 Å². The van der Waals surface area contributed by atoms with Crippen molar-refractivity contribution in [2.75, 3.05) is 13.7 Å². The number of hydrogen-bond acceptors (Lipinski definition) is 3. The fraction of sp³-hybridized carbons (Fsp3) is 0.421. The lowest BCUT2D eigenvalue weighted by Crippen LogP contribution is -2.48. The number of carbonyl (C=O) groups excluding carboxylic acids is 1. The van der Waals surface area contributed by atoms with E-state index < -0.39 is 0 Å². The number of para-hydroxylation sites is 1. The van der Waals surface area contributed by atoms with Gasteiger partial charge in [0.15, 0.2) is 0 Å². The molecule has 23 heavy (non-hydrogen) atoms. The number of hydrogen-bond donors (Lipinski definition) is 1. The highest BCUT2D eigenvalue weighted by molar-refractivity contribution is 5.78. The highest BCUT2D eigenvalue weighted by Gasteiger charge is 2.25. The second-order valence-corrected chi connectivity index (χ2v) is 5.84. The quantitative estimate of drug-likeness (QED) is 0.787. The number of benzene rings is 1. The van der Waals surface area contributed by atoms with E-state index in [0.717, 1.165) is 24.2 Å². The van der Waals surface area contributed by atoms with E-state index in [1.165, 1.54) is 0 Å². The van der Waals surface area contributed by atoms with Crippen LogP contribution in [0.25, 0.3) is 0 Å². The lowest BCUT2D eigenvalue weighted by molar-refractivity contribution is -0.123. The molecule has 0 aliphatic carbocycles. The van der Waals surface area contributed by atoms with Crippen molar-refractivity contribution in [2.24, 2.45) is 0 Å². The molecule has 1 N–H and O–H groups in total. The lowest BCUT2D eigenvalue weighted by Gasteiger charge is -2.36. The van der Waals surface area contributed by atoms with Crippen molar-refractivity contribution >= 4 is 5.91 Å². The zero-order valence-corrected chi connectivity index (χ0v) is 14.0. The third kappa shape index (κ3) is 4.70. The number of methoxy groups -OCH3 is 1. The van der Waals surface area contributed by atoms with Gasteiger partial charge in [-0.3, -0.25) is 9.69 Å². The van der Waals surface area contributed by atoms with Crippen molar-refractivity contribution in [3.8, 4) is 5.75 Å². The average Bonchev–Trinajstić information content (AvgIpc) is 2.56. The number of nitrogens with zero attached hydrogens (tertiary/aromatic N) is 1. The summed E-state index contributed by atoms with van der Waals surface area (Å²) in [6, 6.07) is 8.36. The van der Waals surface area contributed by atoms with E-state index in [-0.39, 0.29) is 11.9 Å². The highest BCUT2D eigenvalue weighted by Crippen LogP contribution is 2.20. The Morgan fingerprint density at radius 3 is 3.00 bits per heavy atom. The first-order valence-corrected chi connectivity index (χ1v) is 8.07. The van der Waals surface area contributed by atoms with Gasteiger partial charge < -0.3 is 10.1 Å². The summed E-state index contributed by atoms with van der Waals surface area (Å²) in [6.45, 7) is 6.83. The zero-order valence-electron chi connectivity index (χ0n) is 14.0. The smallest absolute Gasteiger partial charge is 0.234 e. The van der Waals surface area contributed by atoms with Gasteiger partial charge in [0.25, 0.3) is 0 Å². The van der Waals surface area contributed by atoms with Crippen molar-refractivity contribution < 1.29 is 9.53 Å². The third-order valence-corrected chi connectivity index (χ3v) is 4.25. The fourth-order valence-corrected chi connectivity index (χ4v) is 2.97. The minimum absolute atomic E-state index is 0.0344. The first-order valence-electron chi connectivity index (χ1n) is 8.07. The van der Waals surface area contributed by atoms with Crippen LogP contribution in [0.5, 0.6) is 5.75 Å². The van der Waals surface area contributed by atoms with E-state index in [0.29, 0.717) is 19.1 Å². The van der Waals surface area contributed by atoms with Gasteiger partial charge in [-0.1, -0.05) is 36.4 Å². The summed E-state index contributed by atoms with van der Waals surface area (Å²) in [4.78, 5) is 14.6. The van der Waals surface area contributed by atoms with Crippen LogP contribution >= 0.6 is 0 Å². The van der Waals surface area contributed by atoms with Gasteiger partial charge in [-0.15, -0.1) is 6.58 Å². The van der Waals surface area contributed by atoms with Crippen LogP contribution in [-0.2, 0) is 11.3 Å². The summed E-state index contributed by atoms with van der Waals surface area (Å²) in [5.74, 6) is 0.832. The van der Waals surface area contributed by atoms with Crippen LogP contribution in [-0.4, -0.2) is 36.5 Å². The molecule has 0 aromatic heterocycles. The van der Waals surface area contributed by atoms with Crippen molar-refractivity contribution in [1.82, 2.24) is 10.2 Å². The number of amides is 1. The molecular formula is C19H26N2O2. The van der Waals surface area contributed by atoms with E-state index in [9.17, 15) is 4.79 Å². The molecule has 124 valence electrons. The van der Waals surface area contributed by atoms with Crippen LogP contribution in [0.1, 0.15) is 25.3 Å². The molecule has 0 radical (unpaired) electrons. The molecule has 2 rings (SSSR count). The summed E-state index contributed by atoms with van der Waals surface area (Å²) >= 11 is 0. The summed E-state index contributed by atoms with van der Waals surface area (Å²) < 4.78 is 5.31. The summed E-state index contributed by atoms with van der Waals surface area (Å²) in [5.41, 5.74) is 0.984. The maximum absolute atomic E-state index is 12.3. The molecule has 1 aromatic carbocycles. The molecule has 1 heterocycles. The predicted molar refractivity (Wildman–Crippen MR) is 93.4 cm³/mol. The summed E-state index contributed by atoms with van der Waals surface area (Å²) in [7, 11) is 1.64. The van der Waals surface area contributed by atoms with Crippen molar-refractivity contribution in [2.45, 2.75) is 38.4 Å². The van der Waals surface area contributed by atoms with Gasteiger partial charge in [-0.2, -0.15) is 0 Å². The van der Waals surface area contributed by atoms with Gasteiger partial charge in [0.1, 0.15) is 5.75 Å². The second-order valence-electron chi connectivity index (χ2n) is 5.84. The largest absolute Gasteiger partial charge is 0.496 e. The Morgan fingerprint density at radius 2 is 2.26 bits per heavy atom. The Bertz CT molecular complexity index is 568. The molecule has 1 aliphatic heterocycles. The first kappa shape index (κ1) is 17.3. The van der Waals surface area contributed by atoms with Gasteiger partial charge in [-0.25, -0.2) is 0 Å². The van der Waals surface area contributed by atoms with E-state index in [2.05, 4.69) is 35.9 Å². The molecule has 0 fully saturated rings. The maximum Gasteiger partial charge on any atom is 0.234 e. The standard InChI is InChI=1S/C19H26N2O2/c1-4-8-17-11-7-9-15(2)21(17)14-19(22)20-13-16-10-5-6-12-18(16)23-3/h4-7,9-10,12,15,17H,1,8,11,13-14H2,2-3H3,(H,20,22)/t15-,17-/m1/s1. The molecule has 0 saturated heterocycles. The lowest BCUT2D eigenvalue weighted by atomic mass is 10.0. The van der Waals surface area contributed by atoms with Crippen LogP contribution in [0.3, 0.4) is 0 Å². The Morgan fingerprint density at radius 1 is 1.48 bits per heavy atom. The Labute approximate surface area is 138 Å². The van der Waals surface area contributed by atoms with Crippen LogP contribution in [0.2, 0.25) is 0 Å². The Kier molecular flexibility index (Phi) is 6.41. The molecule has 4 nitrogen and oxygen atoms in total. The van der Waals surface area contributed by atoms with Crippen LogP contribution in [0, 0.1) is 0 Å².